The number of hydrogen-bond donors (Lipinski definition) is 1. The molecule has 174 valence electrons. The van der Waals surface area contributed by atoms with Gasteiger partial charge in [0, 0.05) is 35.7 Å². The summed E-state index contributed by atoms with van der Waals surface area (Å²) >= 11 is 0. The maximum absolute atomic E-state index is 6.29. The van der Waals surface area contributed by atoms with Crippen molar-refractivity contribution in [3.05, 3.63) is 88.1 Å². The molecule has 1 unspecified atom stereocenters. The van der Waals surface area contributed by atoms with E-state index in [9.17, 15) is 0 Å². The lowest BCUT2D eigenvalue weighted by Crippen LogP contribution is -2.39. The second-order valence-corrected chi connectivity index (χ2v) is 9.41. The van der Waals surface area contributed by atoms with Gasteiger partial charge in [0.1, 0.15) is 12.4 Å². The molecule has 0 radical (unpaired) electrons. The smallest absolute Gasteiger partial charge is 0.162 e. The largest absolute Gasteiger partial charge is 0.497 e. The molecule has 1 N–H and O–H groups in total. The third-order valence-corrected chi connectivity index (χ3v) is 7.37. The summed E-state index contributed by atoms with van der Waals surface area (Å²) in [6.45, 7) is 4.60. The van der Waals surface area contributed by atoms with E-state index < -0.39 is 0 Å². The minimum Gasteiger partial charge on any atom is -0.497 e. The van der Waals surface area contributed by atoms with Crippen molar-refractivity contribution in [3.63, 3.8) is 0 Å². The number of nitrogens with zero attached hydrogens (tertiary/aromatic N) is 1. The van der Waals surface area contributed by atoms with E-state index in [-0.39, 0.29) is 0 Å². The number of nitrogens with one attached hydrogen (secondary N) is 1. The Morgan fingerprint density at radius 3 is 2.62 bits per heavy atom. The number of benzene rings is 3. The Morgan fingerprint density at radius 1 is 0.971 bits per heavy atom. The lowest BCUT2D eigenvalue weighted by Gasteiger charge is -2.40. The van der Waals surface area contributed by atoms with Gasteiger partial charge in [-0.1, -0.05) is 29.8 Å². The first-order chi connectivity index (χ1) is 16.6. The standard InChI is InChI=1S/C29H30N2O3/c1-18-4-6-19(7-5-18)17-34-29-15-22-20(12-28(29)33-3)10-11-31-16-26-24(14-27(22)31)23-13-21(32-2)8-9-25(23)30-26/h4-9,12-13,15,27,30H,10-11,14,16-17H2,1-3H3. The van der Waals surface area contributed by atoms with Crippen LogP contribution in [0.5, 0.6) is 17.2 Å². The molecule has 0 spiro atoms. The number of aromatic nitrogens is 1. The van der Waals surface area contributed by atoms with Gasteiger partial charge >= 0.3 is 0 Å². The fourth-order valence-corrected chi connectivity index (χ4v) is 5.48. The lowest BCUT2D eigenvalue weighted by molar-refractivity contribution is 0.158. The van der Waals surface area contributed by atoms with E-state index in [0.717, 1.165) is 48.7 Å². The molecule has 0 amide bonds. The van der Waals surface area contributed by atoms with Gasteiger partial charge in [0.15, 0.2) is 11.5 Å². The number of H-pyrrole nitrogens is 1. The van der Waals surface area contributed by atoms with Crippen LogP contribution in [0.25, 0.3) is 10.9 Å². The van der Waals surface area contributed by atoms with Crippen molar-refractivity contribution >= 4 is 10.9 Å². The fourth-order valence-electron chi connectivity index (χ4n) is 5.48. The molecule has 0 saturated heterocycles. The third kappa shape index (κ3) is 3.61. The highest BCUT2D eigenvalue weighted by atomic mass is 16.5. The van der Waals surface area contributed by atoms with Crippen molar-refractivity contribution in [2.24, 2.45) is 0 Å². The molecule has 6 rings (SSSR count). The second kappa shape index (κ2) is 8.41. The molecule has 2 aliphatic heterocycles. The van der Waals surface area contributed by atoms with Crippen LogP contribution in [0.3, 0.4) is 0 Å². The summed E-state index contributed by atoms with van der Waals surface area (Å²) in [4.78, 5) is 6.25. The van der Waals surface area contributed by atoms with E-state index >= 15 is 0 Å². The van der Waals surface area contributed by atoms with Crippen molar-refractivity contribution in [1.82, 2.24) is 9.88 Å². The summed E-state index contributed by atoms with van der Waals surface area (Å²) in [5.41, 5.74) is 9.04. The van der Waals surface area contributed by atoms with Gasteiger partial charge in [-0.05, 0) is 72.4 Å². The van der Waals surface area contributed by atoms with Gasteiger partial charge in [-0.15, -0.1) is 0 Å². The Kier molecular flexibility index (Phi) is 5.22. The molecular formula is C29H30N2O3. The quantitative estimate of drug-likeness (QED) is 0.418. The molecule has 0 bridgehead atoms. The topological polar surface area (TPSA) is 46.7 Å². The average Bonchev–Trinajstić information content (AvgIpc) is 3.23. The molecule has 1 aromatic heterocycles. The molecule has 0 aliphatic carbocycles. The predicted molar refractivity (Wildman–Crippen MR) is 134 cm³/mol. The summed E-state index contributed by atoms with van der Waals surface area (Å²) in [6.07, 6.45) is 1.99. The third-order valence-electron chi connectivity index (χ3n) is 7.37. The summed E-state index contributed by atoms with van der Waals surface area (Å²) in [5, 5.41) is 1.27. The fraction of sp³-hybridized carbons (Fsp3) is 0.310. The van der Waals surface area contributed by atoms with Crippen LogP contribution in [0.15, 0.2) is 54.6 Å². The van der Waals surface area contributed by atoms with Crippen LogP contribution < -0.4 is 14.2 Å². The average molecular weight is 455 g/mol. The Labute approximate surface area is 200 Å². The lowest BCUT2D eigenvalue weighted by atomic mass is 9.85. The molecule has 3 aromatic carbocycles. The molecule has 2 aliphatic rings. The zero-order chi connectivity index (χ0) is 23.2. The maximum atomic E-state index is 6.29. The van der Waals surface area contributed by atoms with E-state index in [0.29, 0.717) is 12.6 Å². The van der Waals surface area contributed by atoms with Crippen molar-refractivity contribution < 1.29 is 14.2 Å². The van der Waals surface area contributed by atoms with E-state index in [1.165, 1.54) is 38.9 Å². The van der Waals surface area contributed by atoms with Gasteiger partial charge in [-0.25, -0.2) is 0 Å². The highest BCUT2D eigenvalue weighted by Crippen LogP contribution is 2.44. The highest BCUT2D eigenvalue weighted by molar-refractivity contribution is 5.86. The van der Waals surface area contributed by atoms with Crippen molar-refractivity contribution in [2.45, 2.75) is 39.0 Å². The minimum atomic E-state index is 0.328. The number of fused-ring (bicyclic) bond motifs is 6. The number of rotatable bonds is 5. The van der Waals surface area contributed by atoms with E-state index in [1.54, 1.807) is 14.2 Å². The van der Waals surface area contributed by atoms with Crippen LogP contribution in [-0.2, 0) is 26.0 Å². The second-order valence-electron chi connectivity index (χ2n) is 9.41. The van der Waals surface area contributed by atoms with Gasteiger partial charge in [0.05, 0.1) is 14.2 Å². The van der Waals surface area contributed by atoms with Crippen LogP contribution >= 0.6 is 0 Å². The zero-order valence-electron chi connectivity index (χ0n) is 20.0. The monoisotopic (exact) mass is 454 g/mol. The van der Waals surface area contributed by atoms with Gasteiger partial charge in [0.2, 0.25) is 0 Å². The first-order valence-electron chi connectivity index (χ1n) is 11.9. The summed E-state index contributed by atoms with van der Waals surface area (Å²) in [7, 11) is 3.45. The van der Waals surface area contributed by atoms with Crippen molar-refractivity contribution in [3.8, 4) is 17.2 Å². The van der Waals surface area contributed by atoms with Gasteiger partial charge in [0.25, 0.3) is 0 Å². The van der Waals surface area contributed by atoms with Crippen LogP contribution in [0.2, 0.25) is 0 Å². The SMILES string of the molecule is COc1ccc2[nH]c3c(c2c1)CC1c2cc(OCc4ccc(C)cc4)c(OC)cc2CCN1C3. The van der Waals surface area contributed by atoms with Crippen molar-refractivity contribution in [2.75, 3.05) is 20.8 Å². The van der Waals surface area contributed by atoms with Gasteiger partial charge in [-0.2, -0.15) is 0 Å². The van der Waals surface area contributed by atoms with Gasteiger partial charge < -0.3 is 19.2 Å². The Bertz CT molecular complexity index is 1360. The zero-order valence-corrected chi connectivity index (χ0v) is 20.0. The normalized spacial score (nSPS) is 17.1. The summed E-state index contributed by atoms with van der Waals surface area (Å²) < 4.78 is 17.5. The number of aryl methyl sites for hydroxylation is 1. The molecule has 3 heterocycles. The Morgan fingerprint density at radius 2 is 1.82 bits per heavy atom. The van der Waals surface area contributed by atoms with Crippen LogP contribution in [0.1, 0.15) is 39.6 Å². The molecule has 1 atom stereocenters. The molecule has 34 heavy (non-hydrogen) atoms. The van der Waals surface area contributed by atoms with Crippen molar-refractivity contribution in [1.29, 1.82) is 0 Å². The number of ether oxygens (including phenoxy) is 3. The molecule has 0 saturated carbocycles. The van der Waals surface area contributed by atoms with Crippen LogP contribution in [0.4, 0.5) is 0 Å². The Hall–Kier alpha value is -3.44. The summed E-state index contributed by atoms with van der Waals surface area (Å²) in [6, 6.07) is 19.5. The van der Waals surface area contributed by atoms with Gasteiger partial charge in [-0.3, -0.25) is 4.90 Å². The van der Waals surface area contributed by atoms with Crippen LogP contribution in [0, 0.1) is 6.92 Å². The maximum Gasteiger partial charge on any atom is 0.162 e. The number of methoxy groups -OCH3 is 2. The molecule has 4 aromatic rings. The molecular weight excluding hydrogens is 424 g/mol. The summed E-state index contributed by atoms with van der Waals surface area (Å²) in [5.74, 6) is 2.53. The van der Waals surface area contributed by atoms with E-state index in [2.05, 4.69) is 65.3 Å². The molecule has 0 fully saturated rings. The van der Waals surface area contributed by atoms with Crippen LogP contribution in [-0.4, -0.2) is 30.6 Å². The van der Waals surface area contributed by atoms with E-state index in [1.807, 2.05) is 6.07 Å². The first kappa shape index (κ1) is 21.1. The highest BCUT2D eigenvalue weighted by Gasteiger charge is 2.34. The van der Waals surface area contributed by atoms with E-state index in [4.69, 9.17) is 14.2 Å². The number of aromatic amines is 1. The minimum absolute atomic E-state index is 0.328. The molecule has 5 nitrogen and oxygen atoms in total. The molecule has 5 heteroatoms. The first-order valence-corrected chi connectivity index (χ1v) is 11.9. The number of hydrogen-bond acceptors (Lipinski definition) is 4. The Balaban J connectivity index is 1.34. The predicted octanol–water partition coefficient (Wildman–Crippen LogP) is 5.73.